The first kappa shape index (κ1) is 29.3. The smallest absolute Gasteiger partial charge is 0.370 e. The molecule has 37 heavy (non-hydrogen) atoms. The molecule has 0 fully saturated rings. The third kappa shape index (κ3) is 6.26. The predicted octanol–water partition coefficient (Wildman–Crippen LogP) is -0.337. The maximum absolute atomic E-state index is 12.8. The van der Waals surface area contributed by atoms with Gasteiger partial charge in [-0.1, -0.05) is 11.6 Å². The summed E-state index contributed by atoms with van der Waals surface area (Å²) in [6.07, 6.45) is -4.99. The highest BCUT2D eigenvalue weighted by Crippen LogP contribution is 2.39. The first-order chi connectivity index (χ1) is 16.6. The topological polar surface area (TPSA) is 237 Å². The van der Waals surface area contributed by atoms with Gasteiger partial charge in [0.15, 0.2) is 0 Å². The molecule has 0 spiro atoms. The van der Waals surface area contributed by atoms with E-state index in [0.29, 0.717) is 12.1 Å². The fourth-order valence-corrected chi connectivity index (χ4v) is 7.33. The van der Waals surface area contributed by atoms with Gasteiger partial charge in [-0.3, -0.25) is 0 Å². The van der Waals surface area contributed by atoms with E-state index in [2.05, 4.69) is 15.4 Å². The quantitative estimate of drug-likeness (QED) is 0.253. The van der Waals surface area contributed by atoms with E-state index in [0.717, 1.165) is 6.07 Å². The number of fused-ring (bicyclic) bond motifs is 2. The predicted molar refractivity (Wildman–Crippen MR) is 123 cm³/mol. The van der Waals surface area contributed by atoms with Crippen molar-refractivity contribution in [2.24, 2.45) is 10.3 Å². The van der Waals surface area contributed by atoms with Gasteiger partial charge >= 0.3 is 6.18 Å². The van der Waals surface area contributed by atoms with Crippen LogP contribution in [0, 0.1) is 0 Å². The Morgan fingerprint density at radius 3 is 1.57 bits per heavy atom. The number of anilines is 2. The zero-order chi connectivity index (χ0) is 28.2. The molecule has 0 radical (unpaired) electrons. The number of alkyl halides is 3. The SMILES string of the molecule is NS(=O)(=O)c1cc2c(cc1C(F)(F)F)NCNS2(=O)=O.NS(=O)(=O)c1cc2c(cc1Cl)NCNS2(=O)=O. The van der Waals surface area contributed by atoms with Crippen LogP contribution in [0.3, 0.4) is 0 Å². The lowest BCUT2D eigenvalue weighted by atomic mass is 10.2. The van der Waals surface area contributed by atoms with Crippen LogP contribution in [0.1, 0.15) is 5.56 Å². The summed E-state index contributed by atoms with van der Waals surface area (Å²) in [7, 11) is -16.6. The van der Waals surface area contributed by atoms with Gasteiger partial charge in [-0.15, -0.1) is 0 Å². The molecule has 0 bridgehead atoms. The Balaban J connectivity index is 0.000000208. The second-order valence-electron chi connectivity index (χ2n) is 7.21. The number of hydrogen-bond acceptors (Lipinski definition) is 10. The second-order valence-corrected chi connectivity index (χ2v) is 14.2. The van der Waals surface area contributed by atoms with Crippen molar-refractivity contribution in [2.75, 3.05) is 24.0 Å². The molecular weight excluding hydrogens is 613 g/mol. The molecule has 14 nitrogen and oxygen atoms in total. The Morgan fingerprint density at radius 1 is 0.757 bits per heavy atom. The summed E-state index contributed by atoms with van der Waals surface area (Å²) < 4.78 is 134. The van der Waals surface area contributed by atoms with Crippen LogP contribution in [0.2, 0.25) is 5.02 Å². The molecule has 0 aliphatic carbocycles. The van der Waals surface area contributed by atoms with Crippen molar-refractivity contribution in [1.82, 2.24) is 9.44 Å². The van der Waals surface area contributed by atoms with E-state index in [9.17, 15) is 46.8 Å². The van der Waals surface area contributed by atoms with E-state index in [1.54, 1.807) is 0 Å². The number of benzene rings is 2. The zero-order valence-electron chi connectivity index (χ0n) is 17.8. The second kappa shape index (κ2) is 9.50. The monoisotopic (exact) mass is 628 g/mol. The molecule has 0 saturated heterocycles. The molecule has 4 rings (SSSR count). The average molecular weight is 629 g/mol. The van der Waals surface area contributed by atoms with Gasteiger partial charge in [-0.2, -0.15) is 22.6 Å². The number of rotatable bonds is 2. The summed E-state index contributed by atoms with van der Waals surface area (Å²) in [5.41, 5.74) is -1.63. The summed E-state index contributed by atoms with van der Waals surface area (Å²) in [5, 5.41) is 14.6. The number of halogens is 4. The zero-order valence-corrected chi connectivity index (χ0v) is 21.8. The number of sulfonamides is 4. The van der Waals surface area contributed by atoms with Gasteiger partial charge in [0, 0.05) is 0 Å². The Kier molecular flexibility index (Phi) is 7.53. The number of nitrogens with two attached hydrogens (primary N) is 2. The van der Waals surface area contributed by atoms with Crippen LogP contribution in [-0.2, 0) is 46.3 Å². The van der Waals surface area contributed by atoms with Crippen LogP contribution in [0.4, 0.5) is 24.5 Å². The largest absolute Gasteiger partial charge is 0.417 e. The fourth-order valence-electron chi connectivity index (χ4n) is 3.10. The summed E-state index contributed by atoms with van der Waals surface area (Å²) in [5.74, 6) is 0. The first-order valence-corrected chi connectivity index (χ1v) is 15.7. The molecule has 0 atom stereocenters. The third-order valence-corrected chi connectivity index (χ3v) is 9.90. The van der Waals surface area contributed by atoms with E-state index >= 15 is 0 Å². The molecule has 2 aliphatic rings. The van der Waals surface area contributed by atoms with E-state index in [4.69, 9.17) is 21.9 Å². The Hall–Kier alpha value is -2.24. The van der Waals surface area contributed by atoms with Crippen LogP contribution < -0.4 is 30.4 Å². The van der Waals surface area contributed by atoms with Crippen molar-refractivity contribution in [3.63, 3.8) is 0 Å². The highest BCUT2D eigenvalue weighted by Gasteiger charge is 2.39. The maximum atomic E-state index is 12.8. The van der Waals surface area contributed by atoms with E-state index in [-0.39, 0.29) is 34.6 Å². The van der Waals surface area contributed by atoms with Crippen molar-refractivity contribution in [1.29, 1.82) is 0 Å². The van der Waals surface area contributed by atoms with Gasteiger partial charge in [0.1, 0.15) is 14.7 Å². The van der Waals surface area contributed by atoms with Gasteiger partial charge in [0.25, 0.3) is 0 Å². The number of primary sulfonamides is 2. The molecule has 0 saturated carbocycles. The fraction of sp³-hybridized carbons (Fsp3) is 0.200. The Labute approximate surface area is 213 Å². The normalized spacial score (nSPS) is 18.2. The first-order valence-electron chi connectivity index (χ1n) is 9.26. The van der Waals surface area contributed by atoms with Crippen LogP contribution in [0.5, 0.6) is 0 Å². The van der Waals surface area contributed by atoms with Gasteiger partial charge in [0.2, 0.25) is 40.1 Å². The molecule has 2 aromatic rings. The average Bonchev–Trinajstić information content (AvgIpc) is 2.70. The molecule has 8 N–H and O–H groups in total. The molecule has 2 aromatic carbocycles. The lowest BCUT2D eigenvalue weighted by molar-refractivity contribution is -0.139. The van der Waals surface area contributed by atoms with E-state index in [1.807, 2.05) is 4.72 Å². The van der Waals surface area contributed by atoms with Gasteiger partial charge in [-0.25, -0.2) is 43.9 Å². The Bertz CT molecular complexity index is 1710. The number of nitrogens with one attached hydrogen (secondary N) is 4. The lowest BCUT2D eigenvalue weighted by Gasteiger charge is -2.22. The molecular formula is C15H16ClF3N6O8S4. The highest BCUT2D eigenvalue weighted by molar-refractivity contribution is 7.91. The highest BCUT2D eigenvalue weighted by atomic mass is 35.5. The standard InChI is InChI=1S/C8H8F3N3O4S2.C7H8ClN3O4S2/c9-8(10,11)4-1-5-7(2-6(4)19(12,15)16)20(17,18)14-3-13-5;8-4-1-5-7(2-6(4)16(9,12)13)17(14,15)11-3-10-5/h1-2,13-14H,3H2,(H2,12,15,16);1-2,10-11H,3H2,(H2,9,12,13). The summed E-state index contributed by atoms with van der Waals surface area (Å²) in [6, 6.07) is 2.95. The molecule has 22 heteroatoms. The van der Waals surface area contributed by atoms with Crippen LogP contribution in [0.15, 0.2) is 43.8 Å². The van der Waals surface area contributed by atoms with Crippen LogP contribution >= 0.6 is 11.6 Å². The van der Waals surface area contributed by atoms with Crippen molar-refractivity contribution in [3.05, 3.63) is 34.9 Å². The third-order valence-electron chi connectivity index (χ3n) is 4.70. The Morgan fingerprint density at radius 2 is 1.16 bits per heavy atom. The van der Waals surface area contributed by atoms with Gasteiger partial charge in [0.05, 0.1) is 40.2 Å². The van der Waals surface area contributed by atoms with Crippen molar-refractivity contribution in [3.8, 4) is 0 Å². The van der Waals surface area contributed by atoms with Gasteiger partial charge < -0.3 is 10.6 Å². The van der Waals surface area contributed by atoms with Crippen molar-refractivity contribution >= 4 is 63.1 Å². The van der Waals surface area contributed by atoms with E-state index < -0.39 is 66.5 Å². The van der Waals surface area contributed by atoms with Crippen molar-refractivity contribution in [2.45, 2.75) is 25.8 Å². The molecule has 2 aliphatic heterocycles. The minimum absolute atomic E-state index is 0.0143. The molecule has 206 valence electrons. The van der Waals surface area contributed by atoms with Crippen LogP contribution in [-0.4, -0.2) is 47.0 Å². The molecule has 0 aromatic heterocycles. The molecule has 2 heterocycles. The number of hydrogen-bond donors (Lipinski definition) is 6. The summed E-state index contributed by atoms with van der Waals surface area (Å²) in [6.45, 7) is -0.290. The minimum Gasteiger partial charge on any atom is -0.370 e. The minimum atomic E-state index is -4.99. The summed E-state index contributed by atoms with van der Waals surface area (Å²) >= 11 is 5.72. The van der Waals surface area contributed by atoms with Crippen molar-refractivity contribution < 1.29 is 46.8 Å². The molecule has 0 unspecified atom stereocenters. The molecule has 0 amide bonds. The lowest BCUT2D eigenvalue weighted by Crippen LogP contribution is -2.35. The van der Waals surface area contributed by atoms with Gasteiger partial charge in [-0.05, 0) is 24.3 Å². The summed E-state index contributed by atoms with van der Waals surface area (Å²) in [4.78, 5) is -2.53. The van der Waals surface area contributed by atoms with E-state index in [1.165, 1.54) is 6.07 Å². The van der Waals surface area contributed by atoms with Crippen LogP contribution in [0.25, 0.3) is 0 Å². The maximum Gasteiger partial charge on any atom is 0.417 e.